The van der Waals surface area contributed by atoms with E-state index in [-0.39, 0.29) is 22.6 Å². The number of rotatable bonds is 8. The van der Waals surface area contributed by atoms with Gasteiger partial charge in [0.15, 0.2) is 4.90 Å². The average Bonchev–Trinajstić information content (AvgIpc) is 2.87. The van der Waals surface area contributed by atoms with Gasteiger partial charge in [-0.15, -0.1) is 0 Å². The number of hydrogen-bond donors (Lipinski definition) is 1. The third kappa shape index (κ3) is 6.21. The van der Waals surface area contributed by atoms with Crippen LogP contribution in [0.3, 0.4) is 0 Å². The van der Waals surface area contributed by atoms with Crippen molar-refractivity contribution in [2.75, 3.05) is 30.5 Å². The zero-order chi connectivity index (χ0) is 24.8. The summed E-state index contributed by atoms with van der Waals surface area (Å²) in [6.45, 7) is 4.98. The average molecular weight is 496 g/mol. The van der Waals surface area contributed by atoms with Crippen LogP contribution in [0.15, 0.2) is 65.7 Å². The number of nitrogens with zero attached hydrogens (tertiary/aromatic N) is 1. The Morgan fingerprint density at radius 1 is 1.14 bits per heavy atom. The van der Waals surface area contributed by atoms with Crippen molar-refractivity contribution >= 4 is 22.5 Å². The van der Waals surface area contributed by atoms with E-state index in [4.69, 9.17) is 9.47 Å². The molecule has 5 nitrogen and oxygen atoms in total. The van der Waals surface area contributed by atoms with Gasteiger partial charge in [0.2, 0.25) is 11.8 Å². The number of pyridine rings is 1. The maximum Gasteiger partial charge on any atom is 0.228 e. The molecule has 1 aromatic heterocycles. The number of halogens is 1. The van der Waals surface area contributed by atoms with Crippen LogP contribution in [0.2, 0.25) is 0 Å². The summed E-state index contributed by atoms with van der Waals surface area (Å²) < 4.78 is 26.2. The lowest BCUT2D eigenvalue weighted by molar-refractivity contribution is -0.115. The number of anilines is 1. The highest BCUT2D eigenvalue weighted by Crippen LogP contribution is 2.37. The molecule has 2 aromatic carbocycles. The summed E-state index contributed by atoms with van der Waals surface area (Å²) in [6, 6.07) is 17.0. The molecule has 7 heteroatoms. The van der Waals surface area contributed by atoms with E-state index >= 15 is 0 Å². The molecule has 1 amide bonds. The summed E-state index contributed by atoms with van der Waals surface area (Å²) in [5.41, 5.74) is 2.25. The Morgan fingerprint density at radius 2 is 1.89 bits per heavy atom. The van der Waals surface area contributed by atoms with Crippen LogP contribution < -0.4 is 10.1 Å². The quantitative estimate of drug-likeness (QED) is 0.424. The van der Waals surface area contributed by atoms with Crippen molar-refractivity contribution in [1.29, 1.82) is 0 Å². The maximum absolute atomic E-state index is 14.3. The number of amides is 1. The number of carbonyl (C=O) groups is 1. The molecular weight excluding hydrogens is 463 g/mol. The summed E-state index contributed by atoms with van der Waals surface area (Å²) in [5, 5.41) is 2.90. The molecule has 1 aliphatic heterocycles. The maximum atomic E-state index is 14.3. The highest BCUT2D eigenvalue weighted by Gasteiger charge is 2.37. The minimum atomic E-state index is -0.702. The number of benzene rings is 2. The van der Waals surface area contributed by atoms with Crippen molar-refractivity contribution in [3.05, 3.63) is 83.3 Å². The van der Waals surface area contributed by atoms with E-state index < -0.39 is 5.60 Å². The van der Waals surface area contributed by atoms with Gasteiger partial charge in [0.05, 0.1) is 31.5 Å². The topological polar surface area (TPSA) is 60.5 Å². The fourth-order valence-electron chi connectivity index (χ4n) is 4.14. The van der Waals surface area contributed by atoms with Gasteiger partial charge in [0.25, 0.3) is 0 Å². The zero-order valence-electron chi connectivity index (χ0n) is 20.5. The van der Waals surface area contributed by atoms with Gasteiger partial charge in [-0.2, -0.15) is 0 Å². The van der Waals surface area contributed by atoms with Crippen LogP contribution in [0.25, 0.3) is 0 Å². The zero-order valence-corrected chi connectivity index (χ0v) is 21.3. The molecular formula is C28H32FN2O3S+. The molecule has 0 bridgehead atoms. The first-order valence-corrected chi connectivity index (χ1v) is 13.7. The lowest BCUT2D eigenvalue weighted by atomic mass is 9.85. The second kappa shape index (κ2) is 11.2. The van der Waals surface area contributed by atoms with Crippen LogP contribution in [-0.4, -0.2) is 36.1 Å². The summed E-state index contributed by atoms with van der Waals surface area (Å²) in [6.07, 6.45) is 5.32. The van der Waals surface area contributed by atoms with E-state index in [0.717, 1.165) is 16.9 Å². The predicted molar refractivity (Wildman–Crippen MR) is 139 cm³/mol. The fraction of sp³-hybridized carbons (Fsp3) is 0.357. The van der Waals surface area contributed by atoms with Crippen molar-refractivity contribution < 1.29 is 18.7 Å². The molecule has 184 valence electrons. The van der Waals surface area contributed by atoms with E-state index in [9.17, 15) is 9.18 Å². The monoisotopic (exact) mass is 495 g/mol. The van der Waals surface area contributed by atoms with Gasteiger partial charge >= 0.3 is 0 Å². The van der Waals surface area contributed by atoms with Crippen LogP contribution in [-0.2, 0) is 32.4 Å². The number of aromatic nitrogens is 1. The molecule has 0 spiro atoms. The van der Waals surface area contributed by atoms with Gasteiger partial charge < -0.3 is 14.8 Å². The van der Waals surface area contributed by atoms with Gasteiger partial charge in [-0.3, -0.25) is 4.79 Å². The van der Waals surface area contributed by atoms with E-state index in [1.54, 1.807) is 37.4 Å². The first kappa shape index (κ1) is 25.2. The van der Waals surface area contributed by atoms with E-state index in [1.807, 2.05) is 18.2 Å². The molecule has 0 aliphatic carbocycles. The van der Waals surface area contributed by atoms with Crippen molar-refractivity contribution in [3.63, 3.8) is 0 Å². The molecule has 1 N–H and O–H groups in total. The molecule has 4 rings (SSSR count). The first-order valence-electron chi connectivity index (χ1n) is 11.9. The van der Waals surface area contributed by atoms with Crippen LogP contribution in [0.1, 0.15) is 36.5 Å². The van der Waals surface area contributed by atoms with Crippen molar-refractivity contribution in [3.8, 4) is 5.88 Å². The number of hydrogen-bond acceptors (Lipinski definition) is 4. The Balaban J connectivity index is 1.41. The van der Waals surface area contributed by atoms with Crippen LogP contribution in [0.5, 0.6) is 5.88 Å². The van der Waals surface area contributed by atoms with Crippen molar-refractivity contribution in [1.82, 2.24) is 4.98 Å². The Kier molecular flexibility index (Phi) is 8.08. The molecule has 2 heterocycles. The van der Waals surface area contributed by atoms with E-state index in [2.05, 4.69) is 35.6 Å². The van der Waals surface area contributed by atoms with E-state index in [0.29, 0.717) is 49.6 Å². The lowest BCUT2D eigenvalue weighted by Gasteiger charge is -2.37. The van der Waals surface area contributed by atoms with Gasteiger partial charge in [0.1, 0.15) is 23.4 Å². The van der Waals surface area contributed by atoms with E-state index in [1.165, 1.54) is 4.90 Å². The van der Waals surface area contributed by atoms with Gasteiger partial charge in [-0.25, -0.2) is 9.37 Å². The third-order valence-corrected chi connectivity index (χ3v) is 8.38. The Bertz CT molecular complexity index is 1150. The standard InChI is InChI=1S/C28H31FN2O3S/c1-4-35(3)24-10-6-21(7-11-24)17-26(32)31-23-9-12-27(30-19-23)34-28(13-15-33-16-14-28)22-8-5-20(2)25(29)18-22/h5-12,18-19H,4,13-17H2,1-3H3/p+1. The van der Waals surface area contributed by atoms with Crippen molar-refractivity contribution in [2.24, 2.45) is 0 Å². The normalized spacial score (nSPS) is 15.9. The lowest BCUT2D eigenvalue weighted by Crippen LogP contribution is -2.39. The molecule has 3 aromatic rings. The largest absolute Gasteiger partial charge is 0.466 e. The van der Waals surface area contributed by atoms with Gasteiger partial charge in [0, 0.05) is 29.8 Å². The number of nitrogens with one attached hydrogen (secondary N) is 1. The number of aryl methyl sites for hydroxylation is 1. The highest BCUT2D eigenvalue weighted by molar-refractivity contribution is 7.96. The smallest absolute Gasteiger partial charge is 0.228 e. The molecule has 35 heavy (non-hydrogen) atoms. The predicted octanol–water partition coefficient (Wildman–Crippen LogP) is 5.42. The number of ether oxygens (including phenoxy) is 2. The summed E-state index contributed by atoms with van der Waals surface area (Å²) in [4.78, 5) is 18.3. The Hall–Kier alpha value is -2.90. The Labute approximate surface area is 209 Å². The summed E-state index contributed by atoms with van der Waals surface area (Å²) in [7, 11) is 0.238. The third-order valence-electron chi connectivity index (χ3n) is 6.44. The highest BCUT2D eigenvalue weighted by atomic mass is 32.2. The van der Waals surface area contributed by atoms with Gasteiger partial charge in [-0.05, 0) is 54.8 Å². The second-order valence-electron chi connectivity index (χ2n) is 8.85. The molecule has 1 saturated heterocycles. The fourth-order valence-corrected chi connectivity index (χ4v) is 5.07. The number of carbonyl (C=O) groups excluding carboxylic acids is 1. The molecule has 1 unspecified atom stereocenters. The molecule has 0 radical (unpaired) electrons. The van der Waals surface area contributed by atoms with Crippen LogP contribution in [0.4, 0.5) is 10.1 Å². The van der Waals surface area contributed by atoms with Crippen LogP contribution >= 0.6 is 0 Å². The molecule has 0 saturated carbocycles. The minimum Gasteiger partial charge on any atom is -0.466 e. The molecule has 1 atom stereocenters. The molecule has 1 fully saturated rings. The minimum absolute atomic E-state index is 0.102. The molecule has 1 aliphatic rings. The first-order chi connectivity index (χ1) is 16.9. The van der Waals surface area contributed by atoms with Crippen LogP contribution in [0, 0.1) is 12.7 Å². The SMILES string of the molecule is CC[S+](C)c1ccc(CC(=O)Nc2ccc(OC3(c4ccc(C)c(F)c4)CCOCC3)nc2)cc1. The summed E-state index contributed by atoms with van der Waals surface area (Å²) in [5.74, 6) is 1.18. The summed E-state index contributed by atoms with van der Waals surface area (Å²) >= 11 is 0. The van der Waals surface area contributed by atoms with Crippen molar-refractivity contribution in [2.45, 2.75) is 43.6 Å². The second-order valence-corrected chi connectivity index (χ2v) is 11.2. The Morgan fingerprint density at radius 3 is 2.51 bits per heavy atom. The van der Waals surface area contributed by atoms with Gasteiger partial charge in [-0.1, -0.05) is 24.3 Å².